The standard InChI is InChI=1S/C15H16O3/c1-9-4-5-12-11(8-9)13-10(14(16)17-12)6-7-15(2,3)18-13/h4-5,8H,6-7H2,1-3H3. The summed E-state index contributed by atoms with van der Waals surface area (Å²) in [6, 6.07) is 5.78. The molecule has 1 aliphatic rings. The van der Waals surface area contributed by atoms with E-state index in [4.69, 9.17) is 9.15 Å². The van der Waals surface area contributed by atoms with E-state index in [-0.39, 0.29) is 11.2 Å². The molecule has 1 aromatic heterocycles. The monoisotopic (exact) mass is 244 g/mol. The summed E-state index contributed by atoms with van der Waals surface area (Å²) in [5.74, 6) is 0.709. The number of benzene rings is 1. The summed E-state index contributed by atoms with van der Waals surface area (Å²) in [4.78, 5) is 11.9. The minimum Gasteiger partial charge on any atom is -0.487 e. The zero-order valence-electron chi connectivity index (χ0n) is 10.9. The largest absolute Gasteiger partial charge is 0.487 e. The fourth-order valence-corrected chi connectivity index (χ4v) is 2.41. The lowest BCUT2D eigenvalue weighted by atomic mass is 9.94. The van der Waals surface area contributed by atoms with Gasteiger partial charge in [0.25, 0.3) is 0 Å². The van der Waals surface area contributed by atoms with E-state index in [0.29, 0.717) is 23.3 Å². The van der Waals surface area contributed by atoms with E-state index in [0.717, 1.165) is 17.4 Å². The van der Waals surface area contributed by atoms with Crippen LogP contribution in [0.25, 0.3) is 11.0 Å². The van der Waals surface area contributed by atoms with Crippen LogP contribution in [-0.2, 0) is 6.42 Å². The van der Waals surface area contributed by atoms with Gasteiger partial charge in [0.15, 0.2) is 0 Å². The van der Waals surface area contributed by atoms with E-state index >= 15 is 0 Å². The highest BCUT2D eigenvalue weighted by molar-refractivity contribution is 5.85. The number of aryl methyl sites for hydroxylation is 1. The van der Waals surface area contributed by atoms with Crippen LogP contribution in [-0.4, -0.2) is 5.60 Å². The van der Waals surface area contributed by atoms with Crippen molar-refractivity contribution in [3.63, 3.8) is 0 Å². The lowest BCUT2D eigenvalue weighted by molar-refractivity contribution is 0.0851. The highest BCUT2D eigenvalue weighted by atomic mass is 16.5. The van der Waals surface area contributed by atoms with Gasteiger partial charge in [0.1, 0.15) is 16.9 Å². The predicted octanol–water partition coefficient (Wildman–Crippen LogP) is 3.21. The Labute approximate surface area is 105 Å². The number of ether oxygens (including phenoxy) is 1. The molecular formula is C15H16O3. The first-order valence-corrected chi connectivity index (χ1v) is 6.22. The maximum atomic E-state index is 11.9. The molecule has 2 heterocycles. The molecule has 0 unspecified atom stereocenters. The van der Waals surface area contributed by atoms with Crippen LogP contribution in [0.4, 0.5) is 0 Å². The molecule has 1 aliphatic heterocycles. The predicted molar refractivity (Wildman–Crippen MR) is 70.2 cm³/mol. The van der Waals surface area contributed by atoms with Crippen molar-refractivity contribution < 1.29 is 9.15 Å². The second-order valence-electron chi connectivity index (χ2n) is 5.56. The van der Waals surface area contributed by atoms with Gasteiger partial charge in [-0.3, -0.25) is 0 Å². The van der Waals surface area contributed by atoms with Crippen molar-refractivity contribution in [2.75, 3.05) is 0 Å². The first-order valence-electron chi connectivity index (χ1n) is 6.22. The quantitative estimate of drug-likeness (QED) is 0.668. The summed E-state index contributed by atoms with van der Waals surface area (Å²) in [6.07, 6.45) is 1.55. The number of hydrogen-bond acceptors (Lipinski definition) is 3. The third-order valence-corrected chi connectivity index (χ3v) is 3.46. The third kappa shape index (κ3) is 1.70. The van der Waals surface area contributed by atoms with Crippen molar-refractivity contribution in [2.24, 2.45) is 0 Å². The van der Waals surface area contributed by atoms with E-state index in [2.05, 4.69) is 0 Å². The summed E-state index contributed by atoms with van der Waals surface area (Å²) in [5, 5.41) is 0.900. The SMILES string of the molecule is Cc1ccc2oc(=O)c3c(c2c1)OC(C)(C)CC3. The molecule has 0 spiro atoms. The first kappa shape index (κ1) is 11.3. The Morgan fingerprint density at radius 1 is 1.28 bits per heavy atom. The first-order chi connectivity index (χ1) is 8.46. The Hall–Kier alpha value is -1.77. The molecule has 18 heavy (non-hydrogen) atoms. The molecule has 0 amide bonds. The zero-order chi connectivity index (χ0) is 12.9. The van der Waals surface area contributed by atoms with Crippen LogP contribution in [0.5, 0.6) is 5.75 Å². The molecule has 0 saturated heterocycles. The molecule has 0 saturated carbocycles. The second-order valence-corrected chi connectivity index (χ2v) is 5.56. The van der Waals surface area contributed by atoms with Crippen molar-refractivity contribution in [3.8, 4) is 5.75 Å². The summed E-state index contributed by atoms with van der Waals surface area (Å²) in [5.41, 5.74) is 1.91. The molecule has 0 bridgehead atoms. The molecule has 3 rings (SSSR count). The Morgan fingerprint density at radius 3 is 2.83 bits per heavy atom. The van der Waals surface area contributed by atoms with Crippen LogP contribution in [0.2, 0.25) is 0 Å². The van der Waals surface area contributed by atoms with Crippen LogP contribution >= 0.6 is 0 Å². The molecule has 2 aromatic rings. The molecule has 0 radical (unpaired) electrons. The van der Waals surface area contributed by atoms with Gasteiger partial charge in [-0.2, -0.15) is 0 Å². The van der Waals surface area contributed by atoms with E-state index in [1.165, 1.54) is 0 Å². The van der Waals surface area contributed by atoms with E-state index in [1.54, 1.807) is 0 Å². The molecule has 0 atom stereocenters. The molecular weight excluding hydrogens is 228 g/mol. The number of hydrogen-bond donors (Lipinski definition) is 0. The maximum absolute atomic E-state index is 11.9. The van der Waals surface area contributed by atoms with Crippen molar-refractivity contribution in [1.29, 1.82) is 0 Å². The van der Waals surface area contributed by atoms with Crippen molar-refractivity contribution in [1.82, 2.24) is 0 Å². The van der Waals surface area contributed by atoms with Gasteiger partial charge in [-0.15, -0.1) is 0 Å². The molecule has 0 aliphatic carbocycles. The fourth-order valence-electron chi connectivity index (χ4n) is 2.41. The lowest BCUT2D eigenvalue weighted by Crippen LogP contribution is -2.34. The number of fused-ring (bicyclic) bond motifs is 3. The van der Waals surface area contributed by atoms with Gasteiger partial charge in [0.05, 0.1) is 10.9 Å². The average Bonchev–Trinajstić information content (AvgIpc) is 2.29. The van der Waals surface area contributed by atoms with Crippen molar-refractivity contribution >= 4 is 11.0 Å². The molecule has 1 aromatic carbocycles. The van der Waals surface area contributed by atoms with Gasteiger partial charge in [-0.25, -0.2) is 4.79 Å². The second kappa shape index (κ2) is 3.61. The van der Waals surface area contributed by atoms with Crippen LogP contribution < -0.4 is 10.4 Å². The van der Waals surface area contributed by atoms with Gasteiger partial charge in [-0.1, -0.05) is 11.6 Å². The summed E-state index contributed by atoms with van der Waals surface area (Å²) in [7, 11) is 0. The topological polar surface area (TPSA) is 39.4 Å². The van der Waals surface area contributed by atoms with Gasteiger partial charge >= 0.3 is 5.63 Å². The molecule has 0 N–H and O–H groups in total. The molecule has 0 fully saturated rings. The Kier molecular flexibility index (Phi) is 2.27. The van der Waals surface area contributed by atoms with E-state index in [1.807, 2.05) is 39.0 Å². The van der Waals surface area contributed by atoms with Gasteiger partial charge in [0.2, 0.25) is 0 Å². The maximum Gasteiger partial charge on any atom is 0.343 e. The van der Waals surface area contributed by atoms with Crippen LogP contribution in [0.15, 0.2) is 27.4 Å². The normalized spacial score (nSPS) is 17.3. The molecule has 3 heteroatoms. The van der Waals surface area contributed by atoms with E-state index < -0.39 is 0 Å². The summed E-state index contributed by atoms with van der Waals surface area (Å²) in [6.45, 7) is 6.11. The molecule has 3 nitrogen and oxygen atoms in total. The minimum atomic E-state index is -0.267. The lowest BCUT2D eigenvalue weighted by Gasteiger charge is -2.32. The van der Waals surface area contributed by atoms with Gasteiger partial charge in [-0.05, 0) is 45.7 Å². The Balaban J connectivity index is 2.36. The third-order valence-electron chi connectivity index (χ3n) is 3.46. The zero-order valence-corrected chi connectivity index (χ0v) is 10.9. The van der Waals surface area contributed by atoms with Crippen molar-refractivity contribution in [2.45, 2.75) is 39.2 Å². The number of rotatable bonds is 0. The van der Waals surface area contributed by atoms with Crippen molar-refractivity contribution in [3.05, 3.63) is 39.7 Å². The smallest absolute Gasteiger partial charge is 0.343 e. The average molecular weight is 244 g/mol. The van der Waals surface area contributed by atoms with Crippen LogP contribution in [0.3, 0.4) is 0 Å². The minimum absolute atomic E-state index is 0.225. The summed E-state index contributed by atoms with van der Waals surface area (Å²) < 4.78 is 11.4. The highest BCUT2D eigenvalue weighted by Crippen LogP contribution is 2.37. The Bertz CT molecular complexity index is 680. The van der Waals surface area contributed by atoms with Crippen LogP contribution in [0.1, 0.15) is 31.4 Å². The van der Waals surface area contributed by atoms with Gasteiger partial charge in [0, 0.05) is 0 Å². The van der Waals surface area contributed by atoms with Crippen LogP contribution in [0, 0.1) is 6.92 Å². The van der Waals surface area contributed by atoms with E-state index in [9.17, 15) is 4.79 Å². The molecule has 94 valence electrons. The fraction of sp³-hybridized carbons (Fsp3) is 0.400. The Morgan fingerprint density at radius 2 is 2.06 bits per heavy atom. The highest BCUT2D eigenvalue weighted by Gasteiger charge is 2.30. The van der Waals surface area contributed by atoms with Gasteiger partial charge < -0.3 is 9.15 Å². The summed E-state index contributed by atoms with van der Waals surface area (Å²) >= 11 is 0.